The minimum absolute atomic E-state index is 0.0450. The molecule has 6 nitrogen and oxygen atoms in total. The Balaban J connectivity index is 1.55. The molecule has 1 N–H and O–H groups in total. The molecule has 0 aliphatic heterocycles. The van der Waals surface area contributed by atoms with Crippen molar-refractivity contribution >= 4 is 29.3 Å². The summed E-state index contributed by atoms with van der Waals surface area (Å²) < 4.78 is 7.80. The monoisotopic (exact) mass is 444 g/mol. The summed E-state index contributed by atoms with van der Waals surface area (Å²) in [4.78, 5) is 12.4. The van der Waals surface area contributed by atoms with E-state index in [1.807, 2.05) is 73.9 Å². The van der Waals surface area contributed by atoms with E-state index in [0.717, 1.165) is 16.9 Å². The predicted octanol–water partition coefficient (Wildman–Crippen LogP) is 4.81. The maximum atomic E-state index is 12.4. The molecule has 0 aliphatic rings. The van der Waals surface area contributed by atoms with Crippen LogP contribution in [0.3, 0.4) is 0 Å². The molecule has 1 unspecified atom stereocenters. The number of hydrogen-bond acceptors (Lipinski definition) is 5. The van der Waals surface area contributed by atoms with Gasteiger partial charge in [0.05, 0.1) is 11.8 Å². The number of amides is 1. The highest BCUT2D eigenvalue weighted by Gasteiger charge is 2.15. The first-order valence-electron chi connectivity index (χ1n) is 9.76. The van der Waals surface area contributed by atoms with E-state index in [0.29, 0.717) is 29.2 Å². The number of nitrogens with one attached hydrogen (secondary N) is 1. The lowest BCUT2D eigenvalue weighted by Gasteiger charge is -2.14. The molecular formula is C22H25ClN4O2S. The number of halogens is 1. The third-order valence-corrected chi connectivity index (χ3v) is 6.01. The summed E-state index contributed by atoms with van der Waals surface area (Å²) in [5, 5.41) is 12.9. The van der Waals surface area contributed by atoms with Crippen LogP contribution in [0.15, 0.2) is 53.7 Å². The fraction of sp³-hybridized carbons (Fsp3) is 0.318. The Hall–Kier alpha value is -2.51. The van der Waals surface area contributed by atoms with Gasteiger partial charge in [0.1, 0.15) is 12.4 Å². The number of carbonyl (C=O) groups excluding carboxylic acids is 1. The molecule has 2 aromatic carbocycles. The van der Waals surface area contributed by atoms with Crippen molar-refractivity contribution in [2.24, 2.45) is 0 Å². The van der Waals surface area contributed by atoms with Crippen LogP contribution in [0.4, 0.5) is 0 Å². The van der Waals surface area contributed by atoms with Crippen molar-refractivity contribution in [2.45, 2.75) is 45.1 Å². The number of nitrogens with zero attached hydrogens (tertiary/aromatic N) is 3. The van der Waals surface area contributed by atoms with E-state index in [-0.39, 0.29) is 17.7 Å². The first kappa shape index (κ1) is 22.2. The summed E-state index contributed by atoms with van der Waals surface area (Å²) in [5.41, 5.74) is 2.03. The molecular weight excluding hydrogens is 420 g/mol. The normalized spacial score (nSPS) is 11.9. The summed E-state index contributed by atoms with van der Waals surface area (Å²) in [6.07, 6.45) is 0. The molecule has 0 spiro atoms. The minimum Gasteiger partial charge on any atom is -0.486 e. The van der Waals surface area contributed by atoms with E-state index in [4.69, 9.17) is 16.3 Å². The molecule has 3 rings (SSSR count). The van der Waals surface area contributed by atoms with Gasteiger partial charge in [-0.05, 0) is 50.1 Å². The van der Waals surface area contributed by atoms with E-state index in [9.17, 15) is 4.79 Å². The first-order chi connectivity index (χ1) is 14.5. The Morgan fingerprint density at radius 1 is 1.23 bits per heavy atom. The highest BCUT2D eigenvalue weighted by Crippen LogP contribution is 2.23. The van der Waals surface area contributed by atoms with Crippen LogP contribution in [-0.4, -0.2) is 26.4 Å². The molecule has 158 valence electrons. The summed E-state index contributed by atoms with van der Waals surface area (Å²) in [5.74, 6) is 1.67. The Kier molecular flexibility index (Phi) is 7.76. The molecule has 1 atom stereocenters. The van der Waals surface area contributed by atoms with Gasteiger partial charge in [-0.2, -0.15) is 0 Å². The maximum absolute atomic E-state index is 12.4. The highest BCUT2D eigenvalue weighted by atomic mass is 35.5. The maximum Gasteiger partial charge on any atom is 0.230 e. The topological polar surface area (TPSA) is 69.0 Å². The van der Waals surface area contributed by atoms with E-state index < -0.39 is 0 Å². The molecule has 1 aromatic heterocycles. The van der Waals surface area contributed by atoms with Gasteiger partial charge in [0.15, 0.2) is 11.0 Å². The van der Waals surface area contributed by atoms with E-state index in [2.05, 4.69) is 15.5 Å². The Morgan fingerprint density at radius 2 is 2.00 bits per heavy atom. The molecule has 0 saturated heterocycles. The van der Waals surface area contributed by atoms with Gasteiger partial charge in [0, 0.05) is 11.6 Å². The van der Waals surface area contributed by atoms with E-state index >= 15 is 0 Å². The fourth-order valence-electron chi connectivity index (χ4n) is 2.94. The van der Waals surface area contributed by atoms with Crippen LogP contribution < -0.4 is 10.1 Å². The van der Waals surface area contributed by atoms with Gasteiger partial charge in [-0.25, -0.2) is 0 Å². The molecule has 0 fully saturated rings. The number of benzene rings is 2. The van der Waals surface area contributed by atoms with Gasteiger partial charge in [0.25, 0.3) is 0 Å². The van der Waals surface area contributed by atoms with Crippen LogP contribution in [0.1, 0.15) is 36.8 Å². The standard InChI is InChI=1S/C22H25ClN4O2S/c1-4-27-20(13-29-18-10-11-19(23)15(2)12-18)25-26-22(27)30-14-21(28)24-16(3)17-8-6-5-7-9-17/h5-12,16H,4,13-14H2,1-3H3,(H,24,28). The number of thioether (sulfide) groups is 1. The lowest BCUT2D eigenvalue weighted by atomic mass is 10.1. The average Bonchev–Trinajstić information content (AvgIpc) is 3.15. The molecule has 8 heteroatoms. The third kappa shape index (κ3) is 5.77. The zero-order valence-electron chi connectivity index (χ0n) is 17.3. The van der Waals surface area contributed by atoms with E-state index in [1.54, 1.807) is 0 Å². The molecule has 0 aliphatic carbocycles. The largest absolute Gasteiger partial charge is 0.486 e. The van der Waals surface area contributed by atoms with Crippen LogP contribution in [0, 0.1) is 6.92 Å². The summed E-state index contributed by atoms with van der Waals surface area (Å²) in [6.45, 7) is 6.90. The van der Waals surface area contributed by atoms with Crippen LogP contribution >= 0.6 is 23.4 Å². The zero-order chi connectivity index (χ0) is 21.5. The van der Waals surface area contributed by atoms with Gasteiger partial charge >= 0.3 is 0 Å². The predicted molar refractivity (Wildman–Crippen MR) is 120 cm³/mol. The molecule has 1 amide bonds. The molecule has 0 bridgehead atoms. The van der Waals surface area contributed by atoms with Crippen LogP contribution in [0.5, 0.6) is 5.75 Å². The van der Waals surface area contributed by atoms with Crippen molar-refractivity contribution in [3.05, 3.63) is 70.5 Å². The quantitative estimate of drug-likeness (QED) is 0.480. The summed E-state index contributed by atoms with van der Waals surface area (Å²) in [6, 6.07) is 15.4. The molecule has 0 radical (unpaired) electrons. The van der Waals surface area contributed by atoms with Crippen molar-refractivity contribution in [1.82, 2.24) is 20.1 Å². The van der Waals surface area contributed by atoms with Crippen LogP contribution in [-0.2, 0) is 17.9 Å². The van der Waals surface area contributed by atoms with Gasteiger partial charge in [-0.15, -0.1) is 10.2 Å². The first-order valence-corrected chi connectivity index (χ1v) is 11.1. The number of hydrogen-bond donors (Lipinski definition) is 1. The van der Waals surface area contributed by atoms with Crippen LogP contribution in [0.25, 0.3) is 0 Å². The third-order valence-electron chi connectivity index (χ3n) is 4.62. The van der Waals surface area contributed by atoms with Gasteiger partial charge in [-0.3, -0.25) is 4.79 Å². The smallest absolute Gasteiger partial charge is 0.230 e. The number of aromatic nitrogens is 3. The van der Waals surface area contributed by atoms with Gasteiger partial charge in [0.2, 0.25) is 5.91 Å². The van der Waals surface area contributed by atoms with E-state index in [1.165, 1.54) is 11.8 Å². The van der Waals surface area contributed by atoms with Crippen molar-refractivity contribution in [3.8, 4) is 5.75 Å². The number of carbonyl (C=O) groups is 1. The minimum atomic E-state index is -0.0462. The molecule has 0 saturated carbocycles. The summed E-state index contributed by atoms with van der Waals surface area (Å²) in [7, 11) is 0. The second-order valence-corrected chi connectivity index (χ2v) is 8.18. The van der Waals surface area contributed by atoms with Crippen LogP contribution in [0.2, 0.25) is 5.02 Å². The highest BCUT2D eigenvalue weighted by molar-refractivity contribution is 7.99. The number of rotatable bonds is 9. The lowest BCUT2D eigenvalue weighted by Crippen LogP contribution is -2.28. The molecule has 3 aromatic rings. The fourth-order valence-corrected chi connectivity index (χ4v) is 3.89. The summed E-state index contributed by atoms with van der Waals surface area (Å²) >= 11 is 7.43. The number of aryl methyl sites for hydroxylation is 1. The SMILES string of the molecule is CCn1c(COc2ccc(Cl)c(C)c2)nnc1SCC(=O)NC(C)c1ccccc1. The number of ether oxygens (including phenoxy) is 1. The Labute approximate surface area is 186 Å². The average molecular weight is 445 g/mol. The Morgan fingerprint density at radius 3 is 2.70 bits per heavy atom. The second-order valence-electron chi connectivity index (χ2n) is 6.83. The van der Waals surface area contributed by atoms with Gasteiger partial charge < -0.3 is 14.6 Å². The van der Waals surface area contributed by atoms with Gasteiger partial charge in [-0.1, -0.05) is 53.7 Å². The molecule has 1 heterocycles. The lowest BCUT2D eigenvalue weighted by molar-refractivity contribution is -0.119. The molecule has 30 heavy (non-hydrogen) atoms. The van der Waals surface area contributed by atoms with Crippen molar-refractivity contribution < 1.29 is 9.53 Å². The van der Waals surface area contributed by atoms with Crippen molar-refractivity contribution in [2.75, 3.05) is 5.75 Å². The second kappa shape index (κ2) is 10.5. The zero-order valence-corrected chi connectivity index (χ0v) is 18.8. The Bertz CT molecular complexity index is 994. The van der Waals surface area contributed by atoms with Crippen molar-refractivity contribution in [3.63, 3.8) is 0 Å². The van der Waals surface area contributed by atoms with Crippen molar-refractivity contribution in [1.29, 1.82) is 0 Å².